The summed E-state index contributed by atoms with van der Waals surface area (Å²) in [4.78, 5) is 6.57. The van der Waals surface area contributed by atoms with Crippen molar-refractivity contribution in [2.24, 2.45) is 5.73 Å². The first-order valence-electron chi connectivity index (χ1n) is 10.0. The van der Waals surface area contributed by atoms with E-state index in [1.54, 1.807) is 0 Å². The van der Waals surface area contributed by atoms with Gasteiger partial charge in [0.15, 0.2) is 5.82 Å². The summed E-state index contributed by atoms with van der Waals surface area (Å²) in [5.41, 5.74) is 11.5. The molecule has 0 aliphatic carbocycles. The first-order chi connectivity index (χ1) is 14.0. The van der Waals surface area contributed by atoms with E-state index in [1.165, 1.54) is 16.7 Å². The summed E-state index contributed by atoms with van der Waals surface area (Å²) in [6, 6.07) is 12.8. The Bertz CT molecular complexity index is 911. The van der Waals surface area contributed by atoms with Crippen LogP contribution in [0.15, 0.2) is 40.9 Å². The van der Waals surface area contributed by atoms with Crippen molar-refractivity contribution in [3.05, 3.63) is 75.9 Å². The first-order valence-corrected chi connectivity index (χ1v) is 10.0. The number of nitrogens with two attached hydrogens (primary N) is 1. The molecule has 0 fully saturated rings. The van der Waals surface area contributed by atoms with Crippen molar-refractivity contribution < 1.29 is 9.26 Å². The van der Waals surface area contributed by atoms with Gasteiger partial charge in [0.25, 0.3) is 0 Å². The Morgan fingerprint density at radius 2 is 1.69 bits per heavy atom. The molecule has 0 radical (unpaired) electrons. The van der Waals surface area contributed by atoms with Gasteiger partial charge in [0.1, 0.15) is 12.4 Å². The second-order valence-electron chi connectivity index (χ2n) is 7.44. The highest BCUT2D eigenvalue weighted by atomic mass is 16.5. The molecule has 154 valence electrons. The van der Waals surface area contributed by atoms with Gasteiger partial charge in [-0.15, -0.1) is 0 Å². The number of benzene rings is 2. The van der Waals surface area contributed by atoms with E-state index in [9.17, 15) is 0 Å². The zero-order valence-electron chi connectivity index (χ0n) is 17.7. The van der Waals surface area contributed by atoms with Crippen LogP contribution in [-0.4, -0.2) is 21.6 Å². The molecule has 0 unspecified atom stereocenters. The molecule has 0 saturated heterocycles. The van der Waals surface area contributed by atoms with Gasteiger partial charge in [-0.25, -0.2) is 0 Å². The predicted octanol–water partition coefficient (Wildman–Crippen LogP) is 4.05. The molecule has 0 bridgehead atoms. The highest BCUT2D eigenvalue weighted by molar-refractivity contribution is 5.43. The standard InChI is InChI=1S/C23H30N4O2/c1-5-27(14-21-25-22(12-24)29-26-21)13-20-10-17(3)23(18(4)11-20)28-15-19-8-6-16(2)7-9-19/h6-11H,5,12-15,24H2,1-4H3. The van der Waals surface area contributed by atoms with E-state index in [2.05, 4.69) is 79.1 Å². The third-order valence-corrected chi connectivity index (χ3v) is 4.93. The number of hydrogen-bond donors (Lipinski definition) is 1. The molecule has 0 spiro atoms. The fourth-order valence-corrected chi connectivity index (χ4v) is 3.37. The zero-order valence-corrected chi connectivity index (χ0v) is 17.7. The van der Waals surface area contributed by atoms with Crippen molar-refractivity contribution in [2.45, 2.75) is 53.9 Å². The van der Waals surface area contributed by atoms with Crippen LogP contribution in [0.3, 0.4) is 0 Å². The Morgan fingerprint density at radius 1 is 1.00 bits per heavy atom. The van der Waals surface area contributed by atoms with Crippen LogP contribution in [0.4, 0.5) is 0 Å². The molecule has 0 amide bonds. The molecular formula is C23H30N4O2. The Morgan fingerprint density at radius 3 is 2.28 bits per heavy atom. The van der Waals surface area contributed by atoms with E-state index < -0.39 is 0 Å². The monoisotopic (exact) mass is 394 g/mol. The van der Waals surface area contributed by atoms with Crippen LogP contribution in [0.25, 0.3) is 0 Å². The zero-order chi connectivity index (χ0) is 20.8. The minimum Gasteiger partial charge on any atom is -0.488 e. The van der Waals surface area contributed by atoms with Crippen LogP contribution in [0, 0.1) is 20.8 Å². The van der Waals surface area contributed by atoms with Crippen molar-refractivity contribution in [1.29, 1.82) is 0 Å². The Hall–Kier alpha value is -2.70. The normalized spacial score (nSPS) is 11.2. The van der Waals surface area contributed by atoms with Gasteiger partial charge < -0.3 is 15.0 Å². The quantitative estimate of drug-likeness (QED) is 0.590. The van der Waals surface area contributed by atoms with Gasteiger partial charge in [-0.1, -0.05) is 54.0 Å². The largest absolute Gasteiger partial charge is 0.488 e. The van der Waals surface area contributed by atoms with Gasteiger partial charge in [0.05, 0.1) is 13.1 Å². The SMILES string of the molecule is CCN(Cc1cc(C)c(OCc2ccc(C)cc2)c(C)c1)Cc1noc(CN)n1. The molecule has 6 nitrogen and oxygen atoms in total. The van der Waals surface area contributed by atoms with Crippen molar-refractivity contribution in [3.8, 4) is 5.75 Å². The van der Waals surface area contributed by atoms with Crippen molar-refractivity contribution in [1.82, 2.24) is 15.0 Å². The fraction of sp³-hybridized carbons (Fsp3) is 0.391. The molecule has 0 aliphatic heterocycles. The van der Waals surface area contributed by atoms with Gasteiger partial charge in [0.2, 0.25) is 5.89 Å². The van der Waals surface area contributed by atoms with E-state index in [0.29, 0.717) is 24.9 Å². The summed E-state index contributed by atoms with van der Waals surface area (Å²) >= 11 is 0. The van der Waals surface area contributed by atoms with Crippen LogP contribution >= 0.6 is 0 Å². The van der Waals surface area contributed by atoms with Crippen LogP contribution < -0.4 is 10.5 Å². The van der Waals surface area contributed by atoms with E-state index in [1.807, 2.05) is 0 Å². The van der Waals surface area contributed by atoms with Gasteiger partial charge >= 0.3 is 0 Å². The molecule has 1 heterocycles. The smallest absolute Gasteiger partial charge is 0.240 e. The molecule has 2 aromatic carbocycles. The number of nitrogens with zero attached hydrogens (tertiary/aromatic N) is 3. The minimum absolute atomic E-state index is 0.265. The molecule has 3 aromatic rings. The van der Waals surface area contributed by atoms with E-state index >= 15 is 0 Å². The lowest BCUT2D eigenvalue weighted by molar-refractivity contribution is 0.258. The average Bonchev–Trinajstić information content (AvgIpc) is 3.16. The van der Waals surface area contributed by atoms with Gasteiger partial charge in [-0.3, -0.25) is 4.90 Å². The predicted molar refractivity (Wildman–Crippen MR) is 113 cm³/mol. The second-order valence-corrected chi connectivity index (χ2v) is 7.44. The molecule has 0 saturated carbocycles. The lowest BCUT2D eigenvalue weighted by Crippen LogP contribution is -2.23. The van der Waals surface area contributed by atoms with Crippen molar-refractivity contribution in [2.75, 3.05) is 6.54 Å². The maximum Gasteiger partial charge on any atom is 0.240 e. The molecule has 3 rings (SSSR count). The van der Waals surface area contributed by atoms with Crippen LogP contribution in [0.5, 0.6) is 5.75 Å². The third kappa shape index (κ3) is 5.65. The first kappa shape index (κ1) is 21.0. The van der Waals surface area contributed by atoms with Crippen LogP contribution in [0.1, 0.15) is 46.5 Å². The van der Waals surface area contributed by atoms with Crippen molar-refractivity contribution >= 4 is 0 Å². The van der Waals surface area contributed by atoms with E-state index in [0.717, 1.165) is 30.0 Å². The Kier molecular flexibility index (Phi) is 7.01. The number of aromatic nitrogens is 2. The number of aryl methyl sites for hydroxylation is 3. The lowest BCUT2D eigenvalue weighted by Gasteiger charge is -2.20. The van der Waals surface area contributed by atoms with Crippen LogP contribution in [0.2, 0.25) is 0 Å². The van der Waals surface area contributed by atoms with Gasteiger partial charge in [-0.2, -0.15) is 4.98 Å². The maximum atomic E-state index is 6.13. The second kappa shape index (κ2) is 9.67. The summed E-state index contributed by atoms with van der Waals surface area (Å²) in [5, 5.41) is 4.00. The van der Waals surface area contributed by atoms with Gasteiger partial charge in [0, 0.05) is 6.54 Å². The summed E-state index contributed by atoms with van der Waals surface area (Å²) < 4.78 is 11.2. The van der Waals surface area contributed by atoms with E-state index in [4.69, 9.17) is 15.0 Å². The molecule has 29 heavy (non-hydrogen) atoms. The van der Waals surface area contributed by atoms with Crippen molar-refractivity contribution in [3.63, 3.8) is 0 Å². The Labute approximate surface area is 172 Å². The topological polar surface area (TPSA) is 77.4 Å². The molecule has 0 atom stereocenters. The van der Waals surface area contributed by atoms with Gasteiger partial charge in [-0.05, 0) is 49.6 Å². The maximum absolute atomic E-state index is 6.13. The highest BCUT2D eigenvalue weighted by Crippen LogP contribution is 2.26. The summed E-state index contributed by atoms with van der Waals surface area (Å²) in [5.74, 6) is 2.10. The van der Waals surface area contributed by atoms with E-state index in [-0.39, 0.29) is 6.54 Å². The third-order valence-electron chi connectivity index (χ3n) is 4.93. The molecule has 2 N–H and O–H groups in total. The molecular weight excluding hydrogens is 364 g/mol. The Balaban J connectivity index is 1.66. The minimum atomic E-state index is 0.265. The fourth-order valence-electron chi connectivity index (χ4n) is 3.37. The number of ether oxygens (including phenoxy) is 1. The summed E-state index contributed by atoms with van der Waals surface area (Å²) in [6.07, 6.45) is 0. The number of hydrogen-bond acceptors (Lipinski definition) is 6. The van der Waals surface area contributed by atoms with Crippen LogP contribution in [-0.2, 0) is 26.2 Å². The summed E-state index contributed by atoms with van der Waals surface area (Å²) in [6.45, 7) is 11.6. The average molecular weight is 395 g/mol. The molecule has 6 heteroatoms. The molecule has 0 aliphatic rings. The molecule has 1 aromatic heterocycles. The number of rotatable bonds is 9. The summed E-state index contributed by atoms with van der Waals surface area (Å²) in [7, 11) is 0. The lowest BCUT2D eigenvalue weighted by atomic mass is 10.0. The highest BCUT2D eigenvalue weighted by Gasteiger charge is 2.13.